The predicted molar refractivity (Wildman–Crippen MR) is 159 cm³/mol. The van der Waals surface area contributed by atoms with Crippen LogP contribution in [0.15, 0.2) is 82.2 Å². The SMILES string of the molecule is Cc1ccc(S(=O)(=O)N(CC(=O)N(Cc2ccc(Cl)cc2)[C@@H](C)C(=O)NC(C)(C)C)c2ccc(Br)cc2)cc1. The molecule has 10 heteroatoms. The molecule has 3 aromatic rings. The molecular weight excluding hydrogens is 602 g/mol. The van der Waals surface area contributed by atoms with Gasteiger partial charge in [0.25, 0.3) is 10.0 Å². The van der Waals surface area contributed by atoms with Crippen molar-refractivity contribution in [2.45, 2.75) is 57.6 Å². The fraction of sp³-hybridized carbons (Fsp3) is 0.310. The number of carbonyl (C=O) groups excluding carboxylic acids is 2. The van der Waals surface area contributed by atoms with Gasteiger partial charge in [-0.3, -0.25) is 13.9 Å². The number of sulfonamides is 1. The highest BCUT2D eigenvalue weighted by Gasteiger charge is 2.33. The number of nitrogens with zero attached hydrogens (tertiary/aromatic N) is 2. The molecule has 0 unspecified atom stereocenters. The molecule has 0 aliphatic carbocycles. The number of aryl methyl sites for hydroxylation is 1. The van der Waals surface area contributed by atoms with Crippen LogP contribution in [0.3, 0.4) is 0 Å². The van der Waals surface area contributed by atoms with Crippen LogP contribution in [0.5, 0.6) is 0 Å². The zero-order valence-corrected chi connectivity index (χ0v) is 25.8. The summed E-state index contributed by atoms with van der Waals surface area (Å²) in [7, 11) is -4.11. The van der Waals surface area contributed by atoms with Crippen molar-refractivity contribution in [2.24, 2.45) is 0 Å². The normalized spacial score (nSPS) is 12.5. The third-order valence-electron chi connectivity index (χ3n) is 5.93. The van der Waals surface area contributed by atoms with Gasteiger partial charge >= 0.3 is 0 Å². The van der Waals surface area contributed by atoms with Crippen LogP contribution in [0.2, 0.25) is 5.02 Å². The van der Waals surface area contributed by atoms with Gasteiger partial charge in [0.05, 0.1) is 10.6 Å². The lowest BCUT2D eigenvalue weighted by Gasteiger charge is -2.33. The number of carbonyl (C=O) groups is 2. The van der Waals surface area contributed by atoms with Crippen molar-refractivity contribution < 1.29 is 18.0 Å². The number of nitrogens with one attached hydrogen (secondary N) is 1. The van der Waals surface area contributed by atoms with Gasteiger partial charge in [0.1, 0.15) is 12.6 Å². The highest BCUT2D eigenvalue weighted by Crippen LogP contribution is 2.26. The maximum atomic E-state index is 13.9. The molecule has 7 nitrogen and oxygen atoms in total. The molecule has 1 N–H and O–H groups in total. The third-order valence-corrected chi connectivity index (χ3v) is 8.50. The number of benzene rings is 3. The first-order chi connectivity index (χ1) is 18.2. The standard InChI is InChI=1S/C29H33BrClN3O4S/c1-20-6-16-26(17-7-20)39(37,38)34(25-14-10-23(30)11-15-25)19-27(35)33(18-22-8-12-24(31)13-9-22)21(2)28(36)32-29(3,4)5/h6-17,21H,18-19H2,1-5H3,(H,32,36)/t21-/m0/s1. The molecule has 0 aromatic heterocycles. The minimum Gasteiger partial charge on any atom is -0.350 e. The molecule has 0 fully saturated rings. The van der Waals surface area contributed by atoms with E-state index >= 15 is 0 Å². The van der Waals surface area contributed by atoms with Crippen LogP contribution in [-0.4, -0.2) is 43.3 Å². The molecule has 3 aromatic carbocycles. The quantitative estimate of drug-likeness (QED) is 0.316. The summed E-state index contributed by atoms with van der Waals surface area (Å²) in [6.07, 6.45) is 0. The van der Waals surface area contributed by atoms with Crippen LogP contribution in [0, 0.1) is 6.92 Å². The van der Waals surface area contributed by atoms with E-state index in [4.69, 9.17) is 11.6 Å². The largest absolute Gasteiger partial charge is 0.350 e. The van der Waals surface area contributed by atoms with Crippen LogP contribution in [0.25, 0.3) is 0 Å². The molecule has 0 heterocycles. The van der Waals surface area contributed by atoms with Crippen LogP contribution >= 0.6 is 27.5 Å². The Morgan fingerprint density at radius 2 is 1.51 bits per heavy atom. The Hall–Kier alpha value is -2.88. The number of halogens is 2. The lowest BCUT2D eigenvalue weighted by Crippen LogP contribution is -2.54. The van der Waals surface area contributed by atoms with E-state index in [-0.39, 0.29) is 17.3 Å². The van der Waals surface area contributed by atoms with Gasteiger partial charge < -0.3 is 10.2 Å². The monoisotopic (exact) mass is 633 g/mol. The number of hydrogen-bond donors (Lipinski definition) is 1. The van der Waals surface area contributed by atoms with Gasteiger partial charge in [-0.2, -0.15) is 0 Å². The van der Waals surface area contributed by atoms with Gasteiger partial charge in [-0.25, -0.2) is 8.42 Å². The maximum absolute atomic E-state index is 13.9. The number of amides is 2. The van der Waals surface area contributed by atoms with Gasteiger partial charge in [0.15, 0.2) is 0 Å². The van der Waals surface area contributed by atoms with E-state index in [0.29, 0.717) is 10.7 Å². The molecule has 0 radical (unpaired) electrons. The van der Waals surface area contributed by atoms with E-state index in [1.165, 1.54) is 17.0 Å². The average Bonchev–Trinajstić information content (AvgIpc) is 2.86. The van der Waals surface area contributed by atoms with Crippen molar-refractivity contribution in [3.05, 3.63) is 93.4 Å². The smallest absolute Gasteiger partial charge is 0.264 e. The number of anilines is 1. The number of hydrogen-bond acceptors (Lipinski definition) is 4. The van der Waals surface area contributed by atoms with E-state index in [1.807, 2.05) is 27.7 Å². The van der Waals surface area contributed by atoms with Crippen molar-refractivity contribution in [2.75, 3.05) is 10.8 Å². The Morgan fingerprint density at radius 1 is 0.949 bits per heavy atom. The van der Waals surface area contributed by atoms with Crippen LogP contribution < -0.4 is 9.62 Å². The molecule has 208 valence electrons. The molecule has 1 atom stereocenters. The first-order valence-corrected chi connectivity index (χ1v) is 15.0. The second-order valence-corrected chi connectivity index (χ2v) is 13.6. The lowest BCUT2D eigenvalue weighted by atomic mass is 10.1. The zero-order chi connectivity index (χ0) is 29.0. The maximum Gasteiger partial charge on any atom is 0.264 e. The first-order valence-electron chi connectivity index (χ1n) is 12.4. The Bertz CT molecular complexity index is 1400. The molecule has 0 spiro atoms. The molecule has 3 rings (SSSR count). The summed E-state index contributed by atoms with van der Waals surface area (Å²) in [6, 6.07) is 19.2. The Morgan fingerprint density at radius 3 is 2.05 bits per heavy atom. The van der Waals surface area contributed by atoms with Gasteiger partial charge in [0.2, 0.25) is 11.8 Å². The van der Waals surface area contributed by atoms with Crippen molar-refractivity contribution in [3.63, 3.8) is 0 Å². The van der Waals surface area contributed by atoms with Crippen molar-refractivity contribution in [3.8, 4) is 0 Å². The summed E-state index contributed by atoms with van der Waals surface area (Å²) >= 11 is 9.42. The van der Waals surface area contributed by atoms with Crippen LogP contribution in [0.4, 0.5) is 5.69 Å². The lowest BCUT2D eigenvalue weighted by molar-refractivity contribution is -0.140. The fourth-order valence-corrected chi connectivity index (χ4v) is 5.62. The summed E-state index contributed by atoms with van der Waals surface area (Å²) in [5.41, 5.74) is 1.47. The van der Waals surface area contributed by atoms with Crippen LogP contribution in [0.1, 0.15) is 38.8 Å². The topological polar surface area (TPSA) is 86.8 Å². The van der Waals surface area contributed by atoms with Crippen molar-refractivity contribution in [1.29, 1.82) is 0 Å². The van der Waals surface area contributed by atoms with E-state index in [1.54, 1.807) is 67.6 Å². The Labute approximate surface area is 244 Å². The number of rotatable bonds is 9. The van der Waals surface area contributed by atoms with Gasteiger partial charge in [-0.1, -0.05) is 57.4 Å². The summed E-state index contributed by atoms with van der Waals surface area (Å²) in [6.45, 7) is 8.65. The second-order valence-electron chi connectivity index (χ2n) is 10.4. The zero-order valence-electron chi connectivity index (χ0n) is 22.6. The van der Waals surface area contributed by atoms with Crippen molar-refractivity contribution >= 4 is 55.1 Å². The van der Waals surface area contributed by atoms with E-state index in [0.717, 1.165) is 19.9 Å². The van der Waals surface area contributed by atoms with E-state index in [9.17, 15) is 18.0 Å². The van der Waals surface area contributed by atoms with Crippen molar-refractivity contribution in [1.82, 2.24) is 10.2 Å². The highest BCUT2D eigenvalue weighted by molar-refractivity contribution is 9.10. The molecule has 0 saturated heterocycles. The van der Waals surface area contributed by atoms with Gasteiger partial charge in [0, 0.05) is 21.6 Å². The predicted octanol–water partition coefficient (Wildman–Crippen LogP) is 5.94. The fourth-order valence-electron chi connectivity index (χ4n) is 3.82. The minimum atomic E-state index is -4.11. The van der Waals surface area contributed by atoms with Crippen LogP contribution in [-0.2, 0) is 26.2 Å². The Kier molecular flexibility index (Phi) is 9.85. The summed E-state index contributed by atoms with van der Waals surface area (Å²) in [5.74, 6) is -0.874. The first kappa shape index (κ1) is 30.7. The molecular formula is C29H33BrClN3O4S. The average molecular weight is 635 g/mol. The molecule has 0 aliphatic heterocycles. The van der Waals surface area contributed by atoms with Gasteiger partial charge in [-0.15, -0.1) is 0 Å². The summed E-state index contributed by atoms with van der Waals surface area (Å²) in [4.78, 5) is 28.5. The third kappa shape index (κ3) is 8.30. The Balaban J connectivity index is 2.02. The molecule has 2 amide bonds. The van der Waals surface area contributed by atoms with E-state index < -0.39 is 34.1 Å². The summed E-state index contributed by atoms with van der Waals surface area (Å²) < 4.78 is 29.5. The highest BCUT2D eigenvalue weighted by atomic mass is 79.9. The van der Waals surface area contributed by atoms with Gasteiger partial charge in [-0.05, 0) is 88.7 Å². The molecule has 0 saturated carbocycles. The summed E-state index contributed by atoms with van der Waals surface area (Å²) in [5, 5.41) is 3.45. The molecule has 0 bridgehead atoms. The molecule has 0 aliphatic rings. The molecule has 39 heavy (non-hydrogen) atoms. The minimum absolute atomic E-state index is 0.0617. The van der Waals surface area contributed by atoms with E-state index in [2.05, 4.69) is 21.2 Å². The second kappa shape index (κ2) is 12.5.